The fourth-order valence-electron chi connectivity index (χ4n) is 5.73. The van der Waals surface area contributed by atoms with Gasteiger partial charge in [0.25, 0.3) is 0 Å². The molecule has 0 amide bonds. The highest BCUT2D eigenvalue weighted by molar-refractivity contribution is 8.01. The summed E-state index contributed by atoms with van der Waals surface area (Å²) in [5, 5.41) is 12.9. The van der Waals surface area contributed by atoms with Gasteiger partial charge < -0.3 is 28.8 Å². The van der Waals surface area contributed by atoms with E-state index in [1.165, 1.54) is 4.90 Å². The summed E-state index contributed by atoms with van der Waals surface area (Å²) in [6.45, 7) is 5.69. The van der Waals surface area contributed by atoms with Crippen molar-refractivity contribution in [2.75, 3.05) is 12.5 Å². The van der Waals surface area contributed by atoms with Crippen LogP contribution in [0.4, 0.5) is 0 Å². The molecular weight excluding hydrogens is 613 g/mol. The van der Waals surface area contributed by atoms with E-state index in [4.69, 9.17) is 23.7 Å². The van der Waals surface area contributed by atoms with Gasteiger partial charge in [-0.05, 0) is 40.2 Å². The van der Waals surface area contributed by atoms with Crippen molar-refractivity contribution in [3.63, 3.8) is 0 Å². The maximum atomic E-state index is 12.0. The van der Waals surface area contributed by atoms with Crippen molar-refractivity contribution < 1.29 is 28.8 Å². The first-order valence-electron chi connectivity index (χ1n) is 15.9. The Morgan fingerprint density at radius 3 is 1.57 bits per heavy atom. The molecule has 5 rings (SSSR count). The molecule has 0 aliphatic carbocycles. The molecule has 0 unspecified atom stereocenters. The van der Waals surface area contributed by atoms with Crippen molar-refractivity contribution in [2.24, 2.45) is 0 Å². The van der Waals surface area contributed by atoms with Crippen LogP contribution in [0, 0.1) is 0 Å². The molecule has 0 aromatic heterocycles. The van der Waals surface area contributed by atoms with E-state index >= 15 is 0 Å². The summed E-state index contributed by atoms with van der Waals surface area (Å²) in [5.74, 6) is 0. The van der Waals surface area contributed by atoms with Gasteiger partial charge in [0, 0.05) is 12.0 Å². The Bertz CT molecular complexity index is 1410. The lowest BCUT2D eigenvalue weighted by atomic mass is 9.94. The standard InChI is InChI=1S/C38H46O6SSi/c1-40-38-37(43-26-31-20-12-6-13-21-31)36(42-25-30-18-10-5-11-19-30)35(41-24-29-16-8-4-9-17-29)34(44-38)33(39)27-46(2,3)28-45-32-22-14-7-15-23-32/h4-23,33-39H,24-28H2,1-3H3/t33-,34+,35+,36-,37-,38-/m0/s1. The Hall–Kier alpha value is -2.79. The second-order valence-electron chi connectivity index (χ2n) is 12.5. The second kappa shape index (κ2) is 17.4. The summed E-state index contributed by atoms with van der Waals surface area (Å²) in [5.41, 5.74) is 3.10. The van der Waals surface area contributed by atoms with Crippen molar-refractivity contribution in [1.82, 2.24) is 0 Å². The zero-order chi connectivity index (χ0) is 32.2. The van der Waals surface area contributed by atoms with Crippen molar-refractivity contribution in [1.29, 1.82) is 0 Å². The van der Waals surface area contributed by atoms with Gasteiger partial charge in [-0.15, -0.1) is 11.8 Å². The third-order valence-corrected chi connectivity index (χ3v) is 14.0. The zero-order valence-corrected chi connectivity index (χ0v) is 28.8. The van der Waals surface area contributed by atoms with Gasteiger partial charge in [0.2, 0.25) is 0 Å². The third kappa shape index (κ3) is 10.1. The Morgan fingerprint density at radius 2 is 1.09 bits per heavy atom. The molecule has 4 aromatic rings. The number of aliphatic hydroxyl groups is 1. The predicted molar refractivity (Wildman–Crippen MR) is 186 cm³/mol. The van der Waals surface area contributed by atoms with E-state index in [9.17, 15) is 5.11 Å². The first kappa shape index (κ1) is 34.5. The molecule has 0 saturated carbocycles. The lowest BCUT2D eigenvalue weighted by Gasteiger charge is -2.47. The van der Waals surface area contributed by atoms with Crippen LogP contribution < -0.4 is 0 Å². The van der Waals surface area contributed by atoms with Gasteiger partial charge in [-0.1, -0.05) is 122 Å². The summed E-state index contributed by atoms with van der Waals surface area (Å²) < 4.78 is 32.5. The molecule has 0 bridgehead atoms. The first-order chi connectivity index (χ1) is 22.4. The largest absolute Gasteiger partial charge is 0.391 e. The highest BCUT2D eigenvalue weighted by Gasteiger charge is 2.51. The van der Waals surface area contributed by atoms with E-state index in [1.54, 1.807) is 7.11 Å². The maximum absolute atomic E-state index is 12.0. The Balaban J connectivity index is 1.41. The van der Waals surface area contributed by atoms with Gasteiger partial charge in [0.1, 0.15) is 24.4 Å². The lowest BCUT2D eigenvalue weighted by molar-refractivity contribution is -0.328. The van der Waals surface area contributed by atoms with Crippen molar-refractivity contribution >= 4 is 19.8 Å². The molecule has 0 radical (unpaired) electrons. The van der Waals surface area contributed by atoms with Crippen LogP contribution >= 0.6 is 11.8 Å². The minimum atomic E-state index is -1.89. The quantitative estimate of drug-likeness (QED) is 0.0987. The molecule has 1 heterocycles. The van der Waals surface area contributed by atoms with Crippen LogP contribution in [0.3, 0.4) is 0 Å². The summed E-state index contributed by atoms with van der Waals surface area (Å²) in [7, 11) is -0.274. The van der Waals surface area contributed by atoms with Gasteiger partial charge in [0.15, 0.2) is 6.29 Å². The molecule has 46 heavy (non-hydrogen) atoms. The molecule has 6 atom stereocenters. The summed E-state index contributed by atoms with van der Waals surface area (Å²) in [6, 6.07) is 41.2. The number of benzene rings is 4. The number of hydrogen-bond donors (Lipinski definition) is 1. The van der Waals surface area contributed by atoms with Crippen LogP contribution in [0.5, 0.6) is 0 Å². The van der Waals surface area contributed by atoms with E-state index in [0.29, 0.717) is 25.9 Å². The van der Waals surface area contributed by atoms with Crippen molar-refractivity contribution in [3.8, 4) is 0 Å². The van der Waals surface area contributed by atoms with Gasteiger partial charge in [0.05, 0.1) is 34.0 Å². The van der Waals surface area contributed by atoms with Crippen LogP contribution in [0.1, 0.15) is 16.7 Å². The minimum Gasteiger partial charge on any atom is -0.391 e. The van der Waals surface area contributed by atoms with E-state index in [-0.39, 0.29) is 0 Å². The fraction of sp³-hybridized carbons (Fsp3) is 0.368. The topological polar surface area (TPSA) is 66.4 Å². The number of thioether (sulfide) groups is 1. The minimum absolute atomic E-state index is 0.344. The number of ether oxygens (including phenoxy) is 5. The second-order valence-corrected chi connectivity index (χ2v) is 19.2. The van der Waals surface area contributed by atoms with Gasteiger partial charge in [-0.3, -0.25) is 0 Å². The smallest absolute Gasteiger partial charge is 0.186 e. The Morgan fingerprint density at radius 1 is 0.652 bits per heavy atom. The van der Waals surface area contributed by atoms with E-state index in [1.807, 2.05) is 109 Å². The highest BCUT2D eigenvalue weighted by Crippen LogP contribution is 2.35. The average molecular weight is 659 g/mol. The maximum Gasteiger partial charge on any atom is 0.186 e. The fourth-order valence-corrected chi connectivity index (χ4v) is 10.1. The van der Waals surface area contributed by atoms with E-state index < -0.39 is 44.9 Å². The predicted octanol–water partition coefficient (Wildman–Crippen LogP) is 7.51. The van der Waals surface area contributed by atoms with Crippen LogP contribution in [0.25, 0.3) is 0 Å². The summed E-state index contributed by atoms with van der Waals surface area (Å²) in [4.78, 5) is 1.24. The molecule has 8 heteroatoms. The molecule has 4 aromatic carbocycles. The lowest BCUT2D eigenvalue weighted by Crippen LogP contribution is -2.63. The molecule has 0 spiro atoms. The molecule has 6 nitrogen and oxygen atoms in total. The van der Waals surface area contributed by atoms with Gasteiger partial charge >= 0.3 is 0 Å². The van der Waals surface area contributed by atoms with Crippen molar-refractivity contribution in [3.05, 3.63) is 138 Å². The first-order valence-corrected chi connectivity index (χ1v) is 20.3. The van der Waals surface area contributed by atoms with Crippen LogP contribution in [0.2, 0.25) is 19.1 Å². The summed E-state index contributed by atoms with van der Waals surface area (Å²) >= 11 is 1.85. The molecule has 1 aliphatic rings. The van der Waals surface area contributed by atoms with E-state index in [2.05, 4.69) is 37.4 Å². The van der Waals surface area contributed by atoms with Gasteiger partial charge in [-0.2, -0.15) is 0 Å². The zero-order valence-electron chi connectivity index (χ0n) is 26.9. The molecular formula is C38H46O6SSi. The Labute approximate surface area is 279 Å². The molecule has 1 saturated heterocycles. The third-order valence-electron chi connectivity index (χ3n) is 8.13. The summed E-state index contributed by atoms with van der Waals surface area (Å²) in [6.07, 6.45) is -4.01. The molecule has 1 N–H and O–H groups in total. The molecule has 1 aliphatic heterocycles. The van der Waals surface area contributed by atoms with E-state index in [0.717, 1.165) is 22.1 Å². The number of hydrogen-bond acceptors (Lipinski definition) is 7. The molecule has 1 fully saturated rings. The normalized spacial score (nSPS) is 22.4. The SMILES string of the molecule is CO[C@H]1O[C@H]([C@@H](O)C[Si](C)(C)CSc2ccccc2)[C@@H](OCc2ccccc2)[C@H](OCc2ccccc2)[C@@H]1OCc1ccccc1. The molecule has 244 valence electrons. The van der Waals surface area contributed by atoms with Crippen LogP contribution in [-0.2, 0) is 43.5 Å². The van der Waals surface area contributed by atoms with Crippen LogP contribution in [-0.4, -0.2) is 62.5 Å². The Kier molecular flexibility index (Phi) is 13.1. The van der Waals surface area contributed by atoms with Crippen molar-refractivity contribution in [2.45, 2.75) is 80.7 Å². The van der Waals surface area contributed by atoms with Gasteiger partial charge in [-0.25, -0.2) is 0 Å². The number of aliphatic hydroxyl groups excluding tert-OH is 1. The van der Waals surface area contributed by atoms with Crippen LogP contribution in [0.15, 0.2) is 126 Å². The highest BCUT2D eigenvalue weighted by atomic mass is 32.2. The average Bonchev–Trinajstić information content (AvgIpc) is 3.09. The number of methoxy groups -OCH3 is 1. The monoisotopic (exact) mass is 658 g/mol. The number of rotatable bonds is 16.